The van der Waals surface area contributed by atoms with Crippen LogP contribution in [0.3, 0.4) is 0 Å². The van der Waals surface area contributed by atoms with Gasteiger partial charge in [0.25, 0.3) is 5.91 Å². The van der Waals surface area contributed by atoms with E-state index in [4.69, 9.17) is 5.73 Å². The van der Waals surface area contributed by atoms with Crippen LogP contribution in [0.25, 0.3) is 0 Å². The summed E-state index contributed by atoms with van der Waals surface area (Å²) in [6.07, 6.45) is 5.33. The largest absolute Gasteiger partial charge is 0.339 e. The van der Waals surface area contributed by atoms with E-state index in [9.17, 15) is 17.6 Å². The summed E-state index contributed by atoms with van der Waals surface area (Å²) in [5, 5.41) is 0. The number of carbonyl (C=O) groups is 1. The minimum Gasteiger partial charge on any atom is -0.339 e. The van der Waals surface area contributed by atoms with E-state index in [1.54, 1.807) is 4.90 Å². The Bertz CT molecular complexity index is 815. The zero-order valence-corrected chi connectivity index (χ0v) is 17.8. The van der Waals surface area contributed by atoms with Gasteiger partial charge in [-0.2, -0.15) is 0 Å². The predicted molar refractivity (Wildman–Crippen MR) is 109 cm³/mol. The van der Waals surface area contributed by atoms with Gasteiger partial charge >= 0.3 is 0 Å². The minimum absolute atomic E-state index is 0. The lowest BCUT2D eigenvalue weighted by Crippen LogP contribution is -2.58. The van der Waals surface area contributed by atoms with Crippen LogP contribution in [0.15, 0.2) is 23.1 Å². The number of nitrogens with zero attached hydrogens (tertiary/aromatic N) is 1. The number of hydrogen-bond donors (Lipinski definition) is 2. The van der Waals surface area contributed by atoms with E-state index >= 15 is 0 Å². The van der Waals surface area contributed by atoms with Crippen LogP contribution in [0, 0.1) is 11.7 Å². The van der Waals surface area contributed by atoms with Crippen molar-refractivity contribution in [2.75, 3.05) is 19.6 Å². The van der Waals surface area contributed by atoms with Crippen LogP contribution < -0.4 is 10.5 Å². The van der Waals surface area contributed by atoms with Gasteiger partial charge in [-0.05, 0) is 49.8 Å². The zero-order chi connectivity index (χ0) is 19.7. The molecule has 2 aliphatic rings. The smallest absolute Gasteiger partial charge is 0.256 e. The van der Waals surface area contributed by atoms with Crippen LogP contribution >= 0.6 is 12.4 Å². The van der Waals surface area contributed by atoms with Gasteiger partial charge in [-0.25, -0.2) is 17.5 Å². The number of sulfonamides is 1. The molecule has 3 rings (SSSR count). The molecule has 2 atom stereocenters. The van der Waals surface area contributed by atoms with Crippen molar-refractivity contribution in [3.63, 3.8) is 0 Å². The molecule has 1 aliphatic carbocycles. The predicted octanol–water partition coefficient (Wildman–Crippen LogP) is 2.67. The van der Waals surface area contributed by atoms with Crippen molar-refractivity contribution >= 4 is 28.3 Å². The first-order valence-electron chi connectivity index (χ1n) is 9.62. The molecule has 2 fully saturated rings. The van der Waals surface area contributed by atoms with Gasteiger partial charge in [-0.1, -0.05) is 19.8 Å². The van der Waals surface area contributed by atoms with Gasteiger partial charge in [-0.15, -0.1) is 12.4 Å². The van der Waals surface area contributed by atoms with E-state index in [1.807, 2.05) is 6.92 Å². The van der Waals surface area contributed by atoms with Crippen LogP contribution in [0.4, 0.5) is 4.39 Å². The van der Waals surface area contributed by atoms with Crippen LogP contribution in [-0.2, 0) is 10.0 Å². The molecule has 2 unspecified atom stereocenters. The molecule has 3 N–H and O–H groups in total. The third kappa shape index (κ3) is 4.50. The summed E-state index contributed by atoms with van der Waals surface area (Å²) in [4.78, 5) is 13.8. The Morgan fingerprint density at radius 2 is 1.96 bits per heavy atom. The molecule has 1 saturated carbocycles. The summed E-state index contributed by atoms with van der Waals surface area (Å²) < 4.78 is 43.0. The highest BCUT2D eigenvalue weighted by atomic mass is 35.5. The standard InChI is InChI=1S/C19H28FN3O3S.ClH/c1-14-6-2-3-9-19(14,13-21)22-27(25,26)15-7-8-16(17(20)12-15)18(24)23-10-4-5-11-23;/h7-8,12,14,22H,2-6,9-11,13,21H2,1H3;1H. The first-order valence-corrected chi connectivity index (χ1v) is 11.1. The molecule has 0 spiro atoms. The van der Waals surface area contributed by atoms with Gasteiger partial charge in [-0.3, -0.25) is 4.79 Å². The van der Waals surface area contributed by atoms with E-state index in [2.05, 4.69) is 4.72 Å². The molecule has 28 heavy (non-hydrogen) atoms. The number of nitrogens with two attached hydrogens (primary N) is 1. The zero-order valence-electron chi connectivity index (χ0n) is 16.1. The van der Waals surface area contributed by atoms with E-state index in [1.165, 1.54) is 12.1 Å². The van der Waals surface area contributed by atoms with Gasteiger partial charge in [0.1, 0.15) is 5.82 Å². The number of halogens is 2. The summed E-state index contributed by atoms with van der Waals surface area (Å²) in [6.45, 7) is 3.40. The minimum atomic E-state index is -3.94. The van der Waals surface area contributed by atoms with Gasteiger partial charge in [0.2, 0.25) is 10.0 Å². The first-order chi connectivity index (χ1) is 12.8. The highest BCUT2D eigenvalue weighted by molar-refractivity contribution is 7.89. The molecule has 1 saturated heterocycles. The van der Waals surface area contributed by atoms with Crippen molar-refractivity contribution in [1.29, 1.82) is 0 Å². The average molecular weight is 434 g/mol. The molecular weight excluding hydrogens is 405 g/mol. The fourth-order valence-corrected chi connectivity index (χ4v) is 5.71. The molecule has 158 valence electrons. The second kappa shape index (κ2) is 9.07. The summed E-state index contributed by atoms with van der Waals surface area (Å²) in [6, 6.07) is 3.50. The molecule has 0 bridgehead atoms. The Morgan fingerprint density at radius 3 is 2.54 bits per heavy atom. The Hall–Kier alpha value is -1.22. The second-order valence-electron chi connectivity index (χ2n) is 7.75. The SMILES string of the molecule is CC1CCCCC1(CN)NS(=O)(=O)c1ccc(C(=O)N2CCCC2)c(F)c1.Cl. The molecule has 9 heteroatoms. The number of benzene rings is 1. The lowest BCUT2D eigenvalue weighted by molar-refractivity contribution is 0.0788. The molecular formula is C19H29ClFN3O3S. The highest BCUT2D eigenvalue weighted by Gasteiger charge is 2.40. The normalized spacial score (nSPS) is 25.4. The molecule has 1 aromatic rings. The number of carbonyl (C=O) groups excluding carboxylic acids is 1. The Morgan fingerprint density at radius 1 is 1.29 bits per heavy atom. The second-order valence-corrected chi connectivity index (χ2v) is 9.44. The van der Waals surface area contributed by atoms with Crippen LogP contribution in [0.5, 0.6) is 0 Å². The lowest BCUT2D eigenvalue weighted by Gasteiger charge is -2.42. The molecule has 1 aliphatic heterocycles. The number of rotatable bonds is 5. The van der Waals surface area contributed by atoms with Gasteiger partial charge in [0.15, 0.2) is 0 Å². The average Bonchev–Trinajstić information content (AvgIpc) is 3.17. The molecule has 1 amide bonds. The number of likely N-dealkylation sites (tertiary alicyclic amines) is 1. The molecule has 0 radical (unpaired) electrons. The van der Waals surface area contributed by atoms with Crippen molar-refractivity contribution < 1.29 is 17.6 Å². The Kier molecular flexibility index (Phi) is 7.47. The lowest BCUT2D eigenvalue weighted by atomic mass is 9.74. The Balaban J connectivity index is 0.00000280. The first kappa shape index (κ1) is 23.1. The quantitative estimate of drug-likeness (QED) is 0.746. The van der Waals surface area contributed by atoms with E-state index in [0.29, 0.717) is 19.5 Å². The molecule has 0 aromatic heterocycles. The fourth-order valence-electron chi connectivity index (χ4n) is 4.16. The van der Waals surface area contributed by atoms with Gasteiger partial charge in [0, 0.05) is 25.2 Å². The van der Waals surface area contributed by atoms with E-state index in [-0.39, 0.29) is 41.2 Å². The van der Waals surface area contributed by atoms with Crippen molar-refractivity contribution in [2.24, 2.45) is 11.7 Å². The summed E-state index contributed by atoms with van der Waals surface area (Å²) in [5.41, 5.74) is 5.13. The van der Waals surface area contributed by atoms with Crippen molar-refractivity contribution in [3.05, 3.63) is 29.6 Å². The summed E-state index contributed by atoms with van der Waals surface area (Å²) >= 11 is 0. The Labute approximate surface area is 172 Å². The highest BCUT2D eigenvalue weighted by Crippen LogP contribution is 2.34. The number of amides is 1. The van der Waals surface area contributed by atoms with E-state index < -0.39 is 21.4 Å². The van der Waals surface area contributed by atoms with Crippen LogP contribution in [0.2, 0.25) is 0 Å². The van der Waals surface area contributed by atoms with Crippen LogP contribution in [0.1, 0.15) is 55.8 Å². The summed E-state index contributed by atoms with van der Waals surface area (Å²) in [5.74, 6) is -1.10. The maximum Gasteiger partial charge on any atom is 0.256 e. The van der Waals surface area contributed by atoms with Crippen molar-refractivity contribution in [2.45, 2.75) is 55.9 Å². The fraction of sp³-hybridized carbons (Fsp3) is 0.632. The maximum atomic E-state index is 14.6. The van der Waals surface area contributed by atoms with Gasteiger partial charge < -0.3 is 10.6 Å². The summed E-state index contributed by atoms with van der Waals surface area (Å²) in [7, 11) is -3.94. The van der Waals surface area contributed by atoms with Crippen molar-refractivity contribution in [1.82, 2.24) is 9.62 Å². The third-order valence-electron chi connectivity index (χ3n) is 6.03. The number of hydrogen-bond acceptors (Lipinski definition) is 4. The van der Waals surface area contributed by atoms with Crippen molar-refractivity contribution in [3.8, 4) is 0 Å². The maximum absolute atomic E-state index is 14.6. The van der Waals surface area contributed by atoms with E-state index in [0.717, 1.165) is 38.2 Å². The third-order valence-corrected chi connectivity index (χ3v) is 7.58. The van der Waals surface area contributed by atoms with Crippen LogP contribution in [-0.4, -0.2) is 44.4 Å². The number of nitrogens with one attached hydrogen (secondary N) is 1. The monoisotopic (exact) mass is 433 g/mol. The molecule has 1 aromatic carbocycles. The molecule has 6 nitrogen and oxygen atoms in total. The topological polar surface area (TPSA) is 92.5 Å². The molecule has 1 heterocycles. The van der Waals surface area contributed by atoms with Gasteiger partial charge in [0.05, 0.1) is 10.5 Å².